The zero-order valence-corrected chi connectivity index (χ0v) is 14.7. The summed E-state index contributed by atoms with van der Waals surface area (Å²) < 4.78 is 5.57. The van der Waals surface area contributed by atoms with Gasteiger partial charge in [-0.3, -0.25) is 4.79 Å². The number of carbonyl (C=O) groups excluding carboxylic acids is 1. The second-order valence-electron chi connectivity index (χ2n) is 5.74. The number of nitrogens with one attached hydrogen (secondary N) is 2. The van der Waals surface area contributed by atoms with E-state index in [1.54, 1.807) is 0 Å². The van der Waals surface area contributed by atoms with E-state index in [4.69, 9.17) is 4.74 Å². The van der Waals surface area contributed by atoms with Crippen molar-refractivity contribution in [1.82, 2.24) is 0 Å². The van der Waals surface area contributed by atoms with Crippen molar-refractivity contribution in [3.05, 3.63) is 78.9 Å². The van der Waals surface area contributed by atoms with Crippen LogP contribution in [0.1, 0.15) is 6.92 Å². The third-order valence-corrected chi connectivity index (χ3v) is 3.91. The van der Waals surface area contributed by atoms with Gasteiger partial charge in [-0.25, -0.2) is 0 Å². The molecule has 0 saturated heterocycles. The largest absolute Gasteiger partial charge is 0.492 e. The number of rotatable bonds is 7. The lowest BCUT2D eigenvalue weighted by atomic mass is 10.0. The molecule has 1 amide bonds. The molecule has 3 rings (SSSR count). The molecule has 0 aliphatic heterocycles. The van der Waals surface area contributed by atoms with Crippen LogP contribution in [0.4, 0.5) is 11.4 Å². The van der Waals surface area contributed by atoms with Crippen LogP contribution in [-0.4, -0.2) is 19.1 Å². The summed E-state index contributed by atoms with van der Waals surface area (Å²) in [5, 5.41) is 6.13. The first-order chi connectivity index (χ1) is 12.8. The molecule has 132 valence electrons. The second-order valence-corrected chi connectivity index (χ2v) is 5.74. The minimum absolute atomic E-state index is 0.111. The number of anilines is 2. The van der Waals surface area contributed by atoms with Gasteiger partial charge in [-0.1, -0.05) is 60.7 Å². The van der Waals surface area contributed by atoms with Crippen molar-refractivity contribution in [2.75, 3.05) is 23.8 Å². The average molecular weight is 346 g/mol. The average Bonchev–Trinajstić information content (AvgIpc) is 2.69. The molecule has 3 aromatic rings. The Balaban J connectivity index is 1.68. The molecule has 0 unspecified atom stereocenters. The van der Waals surface area contributed by atoms with Crippen molar-refractivity contribution in [2.24, 2.45) is 0 Å². The second kappa shape index (κ2) is 8.72. The van der Waals surface area contributed by atoms with Crippen LogP contribution in [0.5, 0.6) is 5.75 Å². The summed E-state index contributed by atoms with van der Waals surface area (Å²) in [6.07, 6.45) is 0. The van der Waals surface area contributed by atoms with Gasteiger partial charge in [0.15, 0.2) is 0 Å². The van der Waals surface area contributed by atoms with Gasteiger partial charge in [0.2, 0.25) is 5.91 Å². The van der Waals surface area contributed by atoms with Crippen molar-refractivity contribution >= 4 is 17.3 Å². The van der Waals surface area contributed by atoms with Gasteiger partial charge in [0.05, 0.1) is 18.8 Å². The molecular formula is C22H22N2O2. The number of para-hydroxylation sites is 3. The van der Waals surface area contributed by atoms with Gasteiger partial charge in [-0.05, 0) is 30.7 Å². The Kier molecular flexibility index (Phi) is 5.88. The monoisotopic (exact) mass is 346 g/mol. The predicted molar refractivity (Wildman–Crippen MR) is 107 cm³/mol. The SMILES string of the molecule is CCOc1ccccc1NCC(=O)Nc1ccccc1-c1ccccc1. The standard InChI is InChI=1S/C22H22N2O2/c1-2-26-21-15-9-8-14-20(21)23-16-22(25)24-19-13-7-6-12-18(19)17-10-4-3-5-11-17/h3-15,23H,2,16H2,1H3,(H,24,25). The van der Waals surface area contributed by atoms with Gasteiger partial charge in [-0.15, -0.1) is 0 Å². The zero-order chi connectivity index (χ0) is 18.2. The lowest BCUT2D eigenvalue weighted by Crippen LogP contribution is -2.22. The Morgan fingerprint density at radius 1 is 0.846 bits per heavy atom. The van der Waals surface area contributed by atoms with E-state index in [1.807, 2.05) is 85.8 Å². The van der Waals surface area contributed by atoms with E-state index in [0.29, 0.717) is 6.61 Å². The molecule has 0 radical (unpaired) electrons. The van der Waals surface area contributed by atoms with E-state index in [2.05, 4.69) is 10.6 Å². The first kappa shape index (κ1) is 17.5. The maximum Gasteiger partial charge on any atom is 0.243 e. The van der Waals surface area contributed by atoms with Crippen molar-refractivity contribution in [3.8, 4) is 16.9 Å². The van der Waals surface area contributed by atoms with Gasteiger partial charge in [0.25, 0.3) is 0 Å². The lowest BCUT2D eigenvalue weighted by molar-refractivity contribution is -0.114. The van der Waals surface area contributed by atoms with Crippen LogP contribution in [0.25, 0.3) is 11.1 Å². The molecule has 0 aromatic heterocycles. The summed E-state index contributed by atoms with van der Waals surface area (Å²) in [6.45, 7) is 2.67. The van der Waals surface area contributed by atoms with Crippen molar-refractivity contribution in [1.29, 1.82) is 0 Å². The van der Waals surface area contributed by atoms with E-state index < -0.39 is 0 Å². The molecule has 0 saturated carbocycles. The lowest BCUT2D eigenvalue weighted by Gasteiger charge is -2.14. The molecule has 0 fully saturated rings. The Hall–Kier alpha value is -3.27. The van der Waals surface area contributed by atoms with Crippen molar-refractivity contribution in [2.45, 2.75) is 6.92 Å². The third-order valence-electron chi connectivity index (χ3n) is 3.91. The molecule has 2 N–H and O–H groups in total. The van der Waals surface area contributed by atoms with E-state index in [9.17, 15) is 4.79 Å². The van der Waals surface area contributed by atoms with E-state index >= 15 is 0 Å². The number of benzene rings is 3. The summed E-state index contributed by atoms with van der Waals surface area (Å²) >= 11 is 0. The summed E-state index contributed by atoms with van der Waals surface area (Å²) in [7, 11) is 0. The molecule has 4 nitrogen and oxygen atoms in total. The third kappa shape index (κ3) is 4.42. The molecule has 0 aliphatic carbocycles. The van der Waals surface area contributed by atoms with Gasteiger partial charge in [-0.2, -0.15) is 0 Å². The molecule has 0 bridgehead atoms. The number of hydrogen-bond acceptors (Lipinski definition) is 3. The summed E-state index contributed by atoms with van der Waals surface area (Å²) in [5.41, 5.74) is 3.67. The summed E-state index contributed by atoms with van der Waals surface area (Å²) in [6, 6.07) is 25.4. The molecular weight excluding hydrogens is 324 g/mol. The highest BCUT2D eigenvalue weighted by molar-refractivity contribution is 5.97. The van der Waals surface area contributed by atoms with Crippen molar-refractivity contribution < 1.29 is 9.53 Å². The fourth-order valence-electron chi connectivity index (χ4n) is 2.73. The van der Waals surface area contributed by atoms with Crippen LogP contribution >= 0.6 is 0 Å². The van der Waals surface area contributed by atoms with Crippen LogP contribution < -0.4 is 15.4 Å². The zero-order valence-electron chi connectivity index (χ0n) is 14.7. The molecule has 4 heteroatoms. The topological polar surface area (TPSA) is 50.4 Å². The Bertz CT molecular complexity index is 863. The Morgan fingerprint density at radius 3 is 2.27 bits per heavy atom. The highest BCUT2D eigenvalue weighted by Gasteiger charge is 2.09. The Labute approximate surface area is 153 Å². The summed E-state index contributed by atoms with van der Waals surface area (Å²) in [4.78, 5) is 12.4. The maximum atomic E-state index is 12.4. The molecule has 0 spiro atoms. The maximum absolute atomic E-state index is 12.4. The number of hydrogen-bond donors (Lipinski definition) is 2. The van der Waals surface area contributed by atoms with Crippen LogP contribution in [-0.2, 0) is 4.79 Å². The smallest absolute Gasteiger partial charge is 0.243 e. The van der Waals surface area contributed by atoms with E-state index in [1.165, 1.54) is 0 Å². The fourth-order valence-corrected chi connectivity index (χ4v) is 2.73. The first-order valence-corrected chi connectivity index (χ1v) is 8.68. The molecule has 0 aliphatic rings. The number of amides is 1. The van der Waals surface area contributed by atoms with E-state index in [-0.39, 0.29) is 12.5 Å². The highest BCUT2D eigenvalue weighted by Crippen LogP contribution is 2.27. The van der Waals surface area contributed by atoms with Crippen LogP contribution in [0.2, 0.25) is 0 Å². The van der Waals surface area contributed by atoms with E-state index in [0.717, 1.165) is 28.3 Å². The first-order valence-electron chi connectivity index (χ1n) is 8.68. The van der Waals surface area contributed by atoms with Gasteiger partial charge in [0.1, 0.15) is 5.75 Å². The fraction of sp³-hybridized carbons (Fsp3) is 0.136. The van der Waals surface area contributed by atoms with Crippen LogP contribution in [0.3, 0.4) is 0 Å². The normalized spacial score (nSPS) is 10.2. The predicted octanol–water partition coefficient (Wildman–Crippen LogP) is 4.80. The quantitative estimate of drug-likeness (QED) is 0.646. The molecule has 0 atom stereocenters. The van der Waals surface area contributed by atoms with Crippen LogP contribution in [0, 0.1) is 0 Å². The molecule has 26 heavy (non-hydrogen) atoms. The molecule has 0 heterocycles. The van der Waals surface area contributed by atoms with Crippen LogP contribution in [0.15, 0.2) is 78.9 Å². The summed E-state index contributed by atoms with van der Waals surface area (Å²) in [5.74, 6) is 0.632. The highest BCUT2D eigenvalue weighted by atomic mass is 16.5. The van der Waals surface area contributed by atoms with Gasteiger partial charge < -0.3 is 15.4 Å². The number of carbonyl (C=O) groups is 1. The number of ether oxygens (including phenoxy) is 1. The Morgan fingerprint density at radius 2 is 1.50 bits per heavy atom. The minimum Gasteiger partial charge on any atom is -0.492 e. The molecule has 3 aromatic carbocycles. The minimum atomic E-state index is -0.111. The van der Waals surface area contributed by atoms with Crippen molar-refractivity contribution in [3.63, 3.8) is 0 Å². The van der Waals surface area contributed by atoms with Gasteiger partial charge in [0, 0.05) is 11.3 Å². The van der Waals surface area contributed by atoms with Gasteiger partial charge >= 0.3 is 0 Å².